The Hall–Kier alpha value is -2.08. The van der Waals surface area contributed by atoms with Gasteiger partial charge in [0.25, 0.3) is 0 Å². The number of allylic oxidation sites excluding steroid dienone is 1. The van der Waals surface area contributed by atoms with Crippen molar-refractivity contribution >= 4 is 23.4 Å². The van der Waals surface area contributed by atoms with E-state index in [0.717, 1.165) is 18.4 Å². The Morgan fingerprint density at radius 2 is 2.05 bits per heavy atom. The second kappa shape index (κ2) is 6.79. The molecule has 6 heteroatoms. The molecule has 1 aliphatic heterocycles. The lowest BCUT2D eigenvalue weighted by atomic mass is 10.0. The zero-order valence-corrected chi connectivity index (χ0v) is 13.1. The summed E-state index contributed by atoms with van der Waals surface area (Å²) >= 11 is 0. The van der Waals surface area contributed by atoms with Crippen LogP contribution < -0.4 is 16.6 Å². The SMILES string of the molecule is C/C=C\c1cc(F)c(N)c(N(N)C2CCN(C(C)=O)CC2)c1. The number of anilines is 2. The third-order valence-corrected chi connectivity index (χ3v) is 4.07. The Morgan fingerprint density at radius 1 is 1.41 bits per heavy atom. The molecule has 0 unspecified atom stereocenters. The number of amides is 1. The zero-order chi connectivity index (χ0) is 16.3. The first-order chi connectivity index (χ1) is 10.4. The number of hydrogen-bond acceptors (Lipinski definition) is 4. The normalized spacial score (nSPS) is 16.3. The summed E-state index contributed by atoms with van der Waals surface area (Å²) in [4.78, 5) is 13.2. The maximum atomic E-state index is 14.0. The predicted molar refractivity (Wildman–Crippen MR) is 87.5 cm³/mol. The third-order valence-electron chi connectivity index (χ3n) is 4.07. The Balaban J connectivity index is 2.19. The van der Waals surface area contributed by atoms with Crippen LogP contribution in [-0.2, 0) is 4.79 Å². The number of nitrogens with two attached hydrogens (primary N) is 2. The standard InChI is InChI=1S/C16H23FN4O/c1-3-4-12-9-14(17)16(18)15(10-12)21(19)13-5-7-20(8-6-13)11(2)22/h3-4,9-10,13H,5-8,18-19H2,1-2H3/b4-3-. The fourth-order valence-corrected chi connectivity index (χ4v) is 2.78. The van der Waals surface area contributed by atoms with Crippen molar-refractivity contribution in [3.63, 3.8) is 0 Å². The predicted octanol–water partition coefficient (Wildman–Crippen LogP) is 2.13. The number of hydrogen-bond donors (Lipinski definition) is 2. The molecule has 5 nitrogen and oxygen atoms in total. The van der Waals surface area contributed by atoms with E-state index in [9.17, 15) is 9.18 Å². The molecule has 0 radical (unpaired) electrons. The third kappa shape index (κ3) is 3.39. The fourth-order valence-electron chi connectivity index (χ4n) is 2.78. The van der Waals surface area contributed by atoms with E-state index >= 15 is 0 Å². The minimum Gasteiger partial charge on any atom is -0.395 e. The van der Waals surface area contributed by atoms with Crippen molar-refractivity contribution in [2.75, 3.05) is 23.8 Å². The fraction of sp³-hybridized carbons (Fsp3) is 0.438. The van der Waals surface area contributed by atoms with E-state index in [0.29, 0.717) is 18.8 Å². The molecule has 0 atom stereocenters. The minimum absolute atomic E-state index is 0.0400. The summed E-state index contributed by atoms with van der Waals surface area (Å²) in [5.74, 6) is 5.79. The molecule has 0 aromatic heterocycles. The van der Waals surface area contributed by atoms with Gasteiger partial charge in [-0.3, -0.25) is 4.79 Å². The summed E-state index contributed by atoms with van der Waals surface area (Å²) in [5.41, 5.74) is 7.12. The number of halogens is 1. The van der Waals surface area contributed by atoms with Gasteiger partial charge in [-0.2, -0.15) is 0 Å². The average Bonchev–Trinajstić information content (AvgIpc) is 2.50. The molecule has 1 saturated heterocycles. The van der Waals surface area contributed by atoms with E-state index in [1.807, 2.05) is 13.0 Å². The van der Waals surface area contributed by atoms with E-state index in [1.165, 1.54) is 6.07 Å². The van der Waals surface area contributed by atoms with Crippen molar-refractivity contribution in [3.05, 3.63) is 29.6 Å². The average molecular weight is 306 g/mol. The van der Waals surface area contributed by atoms with E-state index in [2.05, 4.69) is 0 Å². The number of carbonyl (C=O) groups excluding carboxylic acids is 1. The first kappa shape index (κ1) is 16.3. The summed E-state index contributed by atoms with van der Waals surface area (Å²) in [6.07, 6.45) is 5.12. The van der Waals surface area contributed by atoms with Crippen LogP contribution in [0, 0.1) is 5.82 Å². The lowest BCUT2D eigenvalue weighted by Gasteiger charge is -2.37. The number of rotatable bonds is 3. The second-order valence-electron chi connectivity index (χ2n) is 5.58. The van der Waals surface area contributed by atoms with E-state index in [-0.39, 0.29) is 17.6 Å². The zero-order valence-electron chi connectivity index (χ0n) is 13.1. The van der Waals surface area contributed by atoms with Gasteiger partial charge in [0, 0.05) is 26.1 Å². The summed E-state index contributed by atoms with van der Waals surface area (Å²) in [6, 6.07) is 3.22. The van der Waals surface area contributed by atoms with Gasteiger partial charge in [0.15, 0.2) is 0 Å². The highest BCUT2D eigenvalue weighted by atomic mass is 19.1. The summed E-state index contributed by atoms with van der Waals surface area (Å²) in [5, 5.41) is 1.54. The number of benzene rings is 1. The molecule has 22 heavy (non-hydrogen) atoms. The van der Waals surface area contributed by atoms with Crippen LogP contribution in [0.25, 0.3) is 6.08 Å². The van der Waals surface area contributed by atoms with Gasteiger partial charge in [-0.05, 0) is 37.5 Å². The molecule has 1 aromatic carbocycles. The van der Waals surface area contributed by atoms with Crippen LogP contribution in [0.2, 0.25) is 0 Å². The van der Waals surface area contributed by atoms with E-state index in [1.54, 1.807) is 29.0 Å². The lowest BCUT2D eigenvalue weighted by Crippen LogP contribution is -2.49. The number of hydrazine groups is 1. The summed E-state index contributed by atoms with van der Waals surface area (Å²) < 4.78 is 14.0. The van der Waals surface area contributed by atoms with Gasteiger partial charge in [-0.15, -0.1) is 0 Å². The molecule has 2 rings (SSSR count). The van der Waals surface area contributed by atoms with Gasteiger partial charge in [0.1, 0.15) is 5.82 Å². The number of nitrogen functional groups attached to an aromatic ring is 1. The molecule has 4 N–H and O–H groups in total. The van der Waals surface area contributed by atoms with Crippen molar-refractivity contribution in [2.24, 2.45) is 5.84 Å². The Morgan fingerprint density at radius 3 is 2.59 bits per heavy atom. The van der Waals surface area contributed by atoms with Crippen molar-refractivity contribution in [3.8, 4) is 0 Å². The van der Waals surface area contributed by atoms with Crippen LogP contribution in [-0.4, -0.2) is 29.9 Å². The van der Waals surface area contributed by atoms with Crippen LogP contribution in [0.1, 0.15) is 32.3 Å². The van der Waals surface area contributed by atoms with Crippen LogP contribution in [0.5, 0.6) is 0 Å². The molecule has 1 fully saturated rings. The molecule has 0 saturated carbocycles. The monoisotopic (exact) mass is 306 g/mol. The van der Waals surface area contributed by atoms with Gasteiger partial charge < -0.3 is 15.6 Å². The molecular formula is C16H23FN4O. The largest absolute Gasteiger partial charge is 0.395 e. The molecule has 1 aliphatic rings. The molecule has 120 valence electrons. The number of likely N-dealkylation sites (tertiary alicyclic amines) is 1. The maximum Gasteiger partial charge on any atom is 0.219 e. The van der Waals surface area contributed by atoms with Crippen molar-refractivity contribution < 1.29 is 9.18 Å². The van der Waals surface area contributed by atoms with Crippen molar-refractivity contribution in [2.45, 2.75) is 32.7 Å². The first-order valence-electron chi connectivity index (χ1n) is 7.45. The summed E-state index contributed by atoms with van der Waals surface area (Å²) in [7, 11) is 0. The molecule has 1 amide bonds. The number of carbonyl (C=O) groups is 1. The highest BCUT2D eigenvalue weighted by molar-refractivity contribution is 5.74. The van der Waals surface area contributed by atoms with E-state index < -0.39 is 5.82 Å². The molecule has 0 spiro atoms. The van der Waals surface area contributed by atoms with Gasteiger partial charge >= 0.3 is 0 Å². The number of piperidine rings is 1. The van der Waals surface area contributed by atoms with E-state index in [4.69, 9.17) is 11.6 Å². The van der Waals surface area contributed by atoms with Crippen LogP contribution >= 0.6 is 0 Å². The van der Waals surface area contributed by atoms with Crippen LogP contribution in [0.4, 0.5) is 15.8 Å². The smallest absolute Gasteiger partial charge is 0.219 e. The Bertz CT molecular complexity index is 580. The maximum absolute atomic E-state index is 14.0. The van der Waals surface area contributed by atoms with Gasteiger partial charge in [0.05, 0.1) is 11.4 Å². The molecular weight excluding hydrogens is 283 g/mol. The molecule has 1 heterocycles. The Labute approximate surface area is 130 Å². The topological polar surface area (TPSA) is 75.6 Å². The molecule has 1 aromatic rings. The quantitative estimate of drug-likeness (QED) is 0.509. The van der Waals surface area contributed by atoms with Gasteiger partial charge in [0.2, 0.25) is 5.91 Å². The lowest BCUT2D eigenvalue weighted by molar-refractivity contribution is -0.129. The molecule has 0 bridgehead atoms. The van der Waals surface area contributed by atoms with Crippen LogP contribution in [0.3, 0.4) is 0 Å². The molecule has 0 aliphatic carbocycles. The van der Waals surface area contributed by atoms with Crippen molar-refractivity contribution in [1.82, 2.24) is 4.90 Å². The minimum atomic E-state index is -0.470. The summed E-state index contributed by atoms with van der Waals surface area (Å²) in [6.45, 7) is 4.75. The van der Waals surface area contributed by atoms with Gasteiger partial charge in [-0.1, -0.05) is 12.2 Å². The first-order valence-corrected chi connectivity index (χ1v) is 7.45. The number of nitrogens with zero attached hydrogens (tertiary/aromatic N) is 2. The van der Waals surface area contributed by atoms with Crippen LogP contribution in [0.15, 0.2) is 18.2 Å². The Kier molecular flexibility index (Phi) is 5.03. The highest BCUT2D eigenvalue weighted by Crippen LogP contribution is 2.30. The van der Waals surface area contributed by atoms with Gasteiger partial charge in [-0.25, -0.2) is 10.2 Å². The second-order valence-corrected chi connectivity index (χ2v) is 5.58. The van der Waals surface area contributed by atoms with Crippen molar-refractivity contribution in [1.29, 1.82) is 0 Å². The highest BCUT2D eigenvalue weighted by Gasteiger charge is 2.26.